The molecule has 3 aromatic rings. The van der Waals surface area contributed by atoms with Crippen molar-refractivity contribution in [2.75, 3.05) is 19.8 Å². The van der Waals surface area contributed by atoms with Crippen molar-refractivity contribution >= 4 is 18.1 Å². The minimum Gasteiger partial charge on any atom is -0.491 e. The van der Waals surface area contributed by atoms with Crippen molar-refractivity contribution in [3.8, 4) is 5.75 Å². The molecule has 0 aromatic heterocycles. The Morgan fingerprint density at radius 2 is 1.64 bits per heavy atom. The Bertz CT molecular complexity index is 1210. The Morgan fingerprint density at radius 1 is 0.889 bits per heavy atom. The lowest BCUT2D eigenvalue weighted by molar-refractivity contribution is -0.149. The highest BCUT2D eigenvalue weighted by Crippen LogP contribution is 2.36. The molecule has 2 atom stereocenters. The molecule has 0 radical (unpaired) electrons. The van der Waals surface area contributed by atoms with Gasteiger partial charge in [0.15, 0.2) is 6.10 Å². The second kappa shape index (κ2) is 12.0. The Hall–Kier alpha value is -3.41. The molecule has 5 nitrogen and oxygen atoms in total. The van der Waals surface area contributed by atoms with Crippen LogP contribution in [0.4, 0.5) is 0 Å². The van der Waals surface area contributed by atoms with Gasteiger partial charge in [-0.15, -0.1) is 0 Å². The molecule has 0 saturated carbocycles. The quantitative estimate of drug-likeness (QED) is 0.324. The average Bonchev–Trinajstić information content (AvgIpc) is 3.03. The summed E-state index contributed by atoms with van der Waals surface area (Å²) in [7, 11) is 0. The average molecular weight is 487 g/mol. The number of aryl methyl sites for hydroxylation is 2. The molecule has 3 aromatic carbocycles. The maximum absolute atomic E-state index is 11.3. The Labute approximate surface area is 213 Å². The zero-order chi connectivity index (χ0) is 25.5. The van der Waals surface area contributed by atoms with Gasteiger partial charge in [-0.2, -0.15) is 0 Å². The van der Waals surface area contributed by atoms with E-state index in [1.54, 1.807) is 6.92 Å². The van der Waals surface area contributed by atoms with Gasteiger partial charge >= 0.3 is 5.97 Å². The van der Waals surface area contributed by atoms with Gasteiger partial charge in [-0.05, 0) is 65.8 Å². The molecule has 1 N–H and O–H groups in total. The van der Waals surface area contributed by atoms with Crippen LogP contribution in [0.15, 0.2) is 60.7 Å². The van der Waals surface area contributed by atoms with E-state index in [4.69, 9.17) is 14.2 Å². The van der Waals surface area contributed by atoms with Crippen molar-refractivity contribution in [1.82, 2.24) is 0 Å². The number of hydrogen-bond donors (Lipinski definition) is 1. The molecular weight excluding hydrogens is 452 g/mol. The second-order valence-electron chi connectivity index (χ2n) is 9.01. The van der Waals surface area contributed by atoms with Crippen LogP contribution in [0.2, 0.25) is 0 Å². The maximum atomic E-state index is 11.3. The van der Waals surface area contributed by atoms with Crippen LogP contribution >= 0.6 is 0 Å². The number of rotatable bonds is 11. The van der Waals surface area contributed by atoms with E-state index in [2.05, 4.69) is 62.4 Å². The van der Waals surface area contributed by atoms with E-state index in [1.165, 1.54) is 33.4 Å². The molecule has 188 valence electrons. The van der Waals surface area contributed by atoms with E-state index in [0.29, 0.717) is 26.2 Å². The first-order valence-electron chi connectivity index (χ1n) is 12.6. The van der Waals surface area contributed by atoms with Crippen LogP contribution in [0, 0.1) is 6.92 Å². The van der Waals surface area contributed by atoms with Gasteiger partial charge in [-0.1, -0.05) is 73.2 Å². The van der Waals surface area contributed by atoms with Gasteiger partial charge in [0.2, 0.25) is 0 Å². The van der Waals surface area contributed by atoms with Gasteiger partial charge in [0, 0.05) is 13.0 Å². The SMILES string of the molecule is CCOC(Cc1ccc(OCCOC2c3ccc(CC)cc3C=Cc3ccc(C)cc32)cc1)C(=O)O. The number of fused-ring (bicyclic) bond motifs is 2. The molecule has 5 heteroatoms. The molecule has 1 aliphatic rings. The first kappa shape index (κ1) is 25.7. The molecule has 0 fully saturated rings. The van der Waals surface area contributed by atoms with Crippen molar-refractivity contribution in [3.63, 3.8) is 0 Å². The minimum atomic E-state index is -0.952. The van der Waals surface area contributed by atoms with E-state index in [9.17, 15) is 9.90 Å². The first-order chi connectivity index (χ1) is 17.5. The van der Waals surface area contributed by atoms with Crippen LogP contribution in [-0.4, -0.2) is 37.0 Å². The molecule has 4 rings (SSSR count). The van der Waals surface area contributed by atoms with Gasteiger partial charge in [-0.25, -0.2) is 4.79 Å². The summed E-state index contributed by atoms with van der Waals surface area (Å²) in [4.78, 5) is 11.3. The topological polar surface area (TPSA) is 65.0 Å². The van der Waals surface area contributed by atoms with E-state index in [-0.39, 0.29) is 6.10 Å². The van der Waals surface area contributed by atoms with Crippen molar-refractivity contribution in [2.24, 2.45) is 0 Å². The fourth-order valence-corrected chi connectivity index (χ4v) is 4.51. The van der Waals surface area contributed by atoms with Gasteiger partial charge < -0.3 is 19.3 Å². The van der Waals surface area contributed by atoms with Crippen LogP contribution in [0.5, 0.6) is 5.75 Å². The summed E-state index contributed by atoms with van der Waals surface area (Å²) in [6.45, 7) is 7.27. The first-order valence-corrected chi connectivity index (χ1v) is 12.6. The number of aliphatic carboxylic acids is 1. The molecule has 0 saturated heterocycles. The molecule has 0 heterocycles. The summed E-state index contributed by atoms with van der Waals surface area (Å²) < 4.78 is 17.7. The predicted molar refractivity (Wildman–Crippen MR) is 142 cm³/mol. The van der Waals surface area contributed by atoms with Gasteiger partial charge in [0.25, 0.3) is 0 Å². The molecule has 1 aliphatic carbocycles. The number of ether oxygens (including phenoxy) is 3. The minimum absolute atomic E-state index is 0.173. The largest absolute Gasteiger partial charge is 0.491 e. The van der Waals surface area contributed by atoms with Gasteiger partial charge in [-0.3, -0.25) is 0 Å². The van der Waals surface area contributed by atoms with E-state index >= 15 is 0 Å². The molecule has 0 bridgehead atoms. The summed E-state index contributed by atoms with van der Waals surface area (Å²) >= 11 is 0. The molecular formula is C31H34O5. The highest BCUT2D eigenvalue weighted by Gasteiger charge is 2.23. The standard InChI is InChI=1S/C31H34O5/c1-4-22-9-15-27-25(19-22)12-11-24-10-6-21(3)18-28(24)30(27)36-17-16-35-26-13-7-23(8-14-26)20-29(31(32)33)34-5-2/h6-15,18-19,29-30H,4-5,16-17,20H2,1-3H3,(H,32,33). The molecule has 0 amide bonds. The van der Waals surface area contributed by atoms with Crippen molar-refractivity contribution < 1.29 is 24.1 Å². The summed E-state index contributed by atoms with van der Waals surface area (Å²) in [5, 5.41) is 9.28. The van der Waals surface area contributed by atoms with Crippen molar-refractivity contribution in [1.29, 1.82) is 0 Å². The van der Waals surface area contributed by atoms with Crippen LogP contribution < -0.4 is 4.74 Å². The van der Waals surface area contributed by atoms with Crippen LogP contribution in [0.25, 0.3) is 12.2 Å². The lowest BCUT2D eigenvalue weighted by Crippen LogP contribution is -2.26. The molecule has 36 heavy (non-hydrogen) atoms. The van der Waals surface area contributed by atoms with E-state index in [0.717, 1.165) is 17.7 Å². The van der Waals surface area contributed by atoms with Crippen LogP contribution in [0.3, 0.4) is 0 Å². The highest BCUT2D eigenvalue weighted by molar-refractivity contribution is 5.76. The van der Waals surface area contributed by atoms with Crippen LogP contribution in [-0.2, 0) is 27.1 Å². The Kier molecular flexibility index (Phi) is 8.57. The Balaban J connectivity index is 1.41. The third-order valence-corrected chi connectivity index (χ3v) is 6.43. The lowest BCUT2D eigenvalue weighted by Gasteiger charge is -2.22. The van der Waals surface area contributed by atoms with Gasteiger partial charge in [0.1, 0.15) is 18.5 Å². The fourth-order valence-electron chi connectivity index (χ4n) is 4.51. The lowest BCUT2D eigenvalue weighted by atomic mass is 9.94. The maximum Gasteiger partial charge on any atom is 0.333 e. The zero-order valence-electron chi connectivity index (χ0n) is 21.2. The number of carboxylic acid groups (broad SMARTS) is 1. The number of carboxylic acids is 1. The van der Waals surface area contributed by atoms with Gasteiger partial charge in [0.05, 0.1) is 6.61 Å². The normalized spacial score (nSPS) is 15.0. The summed E-state index contributed by atoms with van der Waals surface area (Å²) in [6, 6.07) is 20.6. The number of benzene rings is 3. The smallest absolute Gasteiger partial charge is 0.333 e. The monoisotopic (exact) mass is 486 g/mol. The molecule has 0 spiro atoms. The number of hydrogen-bond acceptors (Lipinski definition) is 4. The highest BCUT2D eigenvalue weighted by atomic mass is 16.5. The Morgan fingerprint density at radius 3 is 2.36 bits per heavy atom. The van der Waals surface area contributed by atoms with E-state index < -0.39 is 12.1 Å². The summed E-state index contributed by atoms with van der Waals surface area (Å²) in [5.41, 5.74) is 8.09. The third-order valence-electron chi connectivity index (χ3n) is 6.43. The van der Waals surface area contributed by atoms with E-state index in [1.807, 2.05) is 24.3 Å². The summed E-state index contributed by atoms with van der Waals surface area (Å²) in [6.07, 6.45) is 4.66. The zero-order valence-corrected chi connectivity index (χ0v) is 21.2. The van der Waals surface area contributed by atoms with Crippen LogP contribution in [0.1, 0.15) is 58.9 Å². The fraction of sp³-hybridized carbons (Fsp3) is 0.323. The predicted octanol–water partition coefficient (Wildman–Crippen LogP) is 6.26. The molecule has 0 aliphatic heterocycles. The molecule has 2 unspecified atom stereocenters. The second-order valence-corrected chi connectivity index (χ2v) is 9.01. The third kappa shape index (κ3) is 6.23. The van der Waals surface area contributed by atoms with Crippen molar-refractivity contribution in [3.05, 3.63) is 99.6 Å². The van der Waals surface area contributed by atoms with Crippen molar-refractivity contribution in [2.45, 2.75) is 45.8 Å². The number of carbonyl (C=O) groups is 1. The summed E-state index contributed by atoms with van der Waals surface area (Å²) in [5.74, 6) is -0.232.